The zero-order valence-corrected chi connectivity index (χ0v) is 17.6. The second-order valence-corrected chi connectivity index (χ2v) is 8.04. The van der Waals surface area contributed by atoms with Crippen LogP contribution in [0.4, 0.5) is 0 Å². The van der Waals surface area contributed by atoms with E-state index in [2.05, 4.69) is 34.5 Å². The molecule has 1 saturated carbocycles. The number of H-pyrrole nitrogens is 1. The molecular weight excluding hydrogens is 362 g/mol. The van der Waals surface area contributed by atoms with Crippen molar-refractivity contribution >= 4 is 0 Å². The summed E-state index contributed by atoms with van der Waals surface area (Å²) < 4.78 is 7.24. The van der Waals surface area contributed by atoms with Gasteiger partial charge in [0.05, 0.1) is 25.2 Å². The van der Waals surface area contributed by atoms with Crippen molar-refractivity contribution < 1.29 is 4.74 Å². The SMILES string of the molecule is COc1ccc(-n2ncc(C(C)NCc3cn[nH]c3C3CCCCC3)c2C)cc1. The first-order valence-electron chi connectivity index (χ1n) is 10.6. The van der Waals surface area contributed by atoms with Crippen LogP contribution in [0, 0.1) is 6.92 Å². The van der Waals surface area contributed by atoms with Crippen LogP contribution >= 0.6 is 0 Å². The maximum absolute atomic E-state index is 5.25. The summed E-state index contributed by atoms with van der Waals surface area (Å²) in [6, 6.07) is 8.19. The third-order valence-corrected chi connectivity index (χ3v) is 6.19. The van der Waals surface area contributed by atoms with Gasteiger partial charge in [-0.25, -0.2) is 4.68 Å². The van der Waals surface area contributed by atoms with Gasteiger partial charge in [-0.15, -0.1) is 0 Å². The molecule has 0 spiro atoms. The van der Waals surface area contributed by atoms with Crippen LogP contribution in [-0.2, 0) is 6.54 Å². The molecule has 1 aromatic carbocycles. The Labute approximate surface area is 172 Å². The van der Waals surface area contributed by atoms with Gasteiger partial charge in [0.1, 0.15) is 5.75 Å². The second kappa shape index (κ2) is 8.82. The topological polar surface area (TPSA) is 67.8 Å². The molecule has 6 nitrogen and oxygen atoms in total. The van der Waals surface area contributed by atoms with E-state index in [1.165, 1.54) is 48.9 Å². The van der Waals surface area contributed by atoms with Crippen LogP contribution in [-0.4, -0.2) is 27.1 Å². The maximum atomic E-state index is 5.25. The first kappa shape index (κ1) is 19.7. The van der Waals surface area contributed by atoms with Gasteiger partial charge in [0.25, 0.3) is 0 Å². The van der Waals surface area contributed by atoms with Gasteiger partial charge in [-0.3, -0.25) is 5.10 Å². The predicted molar refractivity (Wildman–Crippen MR) is 115 cm³/mol. The van der Waals surface area contributed by atoms with E-state index < -0.39 is 0 Å². The normalized spacial score (nSPS) is 16.1. The van der Waals surface area contributed by atoms with E-state index in [0.717, 1.165) is 23.7 Å². The van der Waals surface area contributed by atoms with Gasteiger partial charge >= 0.3 is 0 Å². The summed E-state index contributed by atoms with van der Waals surface area (Å²) in [6.07, 6.45) is 10.5. The molecule has 0 amide bonds. The highest BCUT2D eigenvalue weighted by Gasteiger charge is 2.21. The third-order valence-electron chi connectivity index (χ3n) is 6.19. The number of hydrogen-bond acceptors (Lipinski definition) is 4. The maximum Gasteiger partial charge on any atom is 0.119 e. The summed E-state index contributed by atoms with van der Waals surface area (Å²) in [5.74, 6) is 1.49. The van der Waals surface area contributed by atoms with Crippen molar-refractivity contribution in [1.29, 1.82) is 0 Å². The first-order chi connectivity index (χ1) is 14.2. The van der Waals surface area contributed by atoms with Crippen LogP contribution in [0.1, 0.15) is 73.5 Å². The van der Waals surface area contributed by atoms with Crippen LogP contribution in [0.3, 0.4) is 0 Å². The number of aromatic nitrogens is 4. The Hall–Kier alpha value is -2.60. The number of ether oxygens (including phenoxy) is 1. The minimum atomic E-state index is 0.205. The molecule has 1 aliphatic rings. The molecule has 0 aliphatic heterocycles. The smallest absolute Gasteiger partial charge is 0.119 e. The molecule has 0 saturated heterocycles. The zero-order chi connectivity index (χ0) is 20.2. The number of benzene rings is 1. The Morgan fingerprint density at radius 1 is 1.17 bits per heavy atom. The molecule has 4 rings (SSSR count). The minimum Gasteiger partial charge on any atom is -0.497 e. The van der Waals surface area contributed by atoms with Crippen molar-refractivity contribution in [3.8, 4) is 11.4 Å². The van der Waals surface area contributed by atoms with Crippen molar-refractivity contribution in [3.05, 3.63) is 59.2 Å². The third kappa shape index (κ3) is 4.22. The molecule has 1 aliphatic carbocycles. The van der Waals surface area contributed by atoms with Crippen LogP contribution in [0.2, 0.25) is 0 Å². The summed E-state index contributed by atoms with van der Waals surface area (Å²) in [5, 5.41) is 15.9. The Balaban J connectivity index is 1.44. The van der Waals surface area contributed by atoms with Gasteiger partial charge in [0.2, 0.25) is 0 Å². The van der Waals surface area contributed by atoms with Gasteiger partial charge in [-0.1, -0.05) is 19.3 Å². The summed E-state index contributed by atoms with van der Waals surface area (Å²) in [6.45, 7) is 5.13. The Kier molecular flexibility index (Phi) is 6.00. The van der Waals surface area contributed by atoms with Crippen LogP contribution in [0.5, 0.6) is 5.75 Å². The minimum absolute atomic E-state index is 0.205. The molecule has 2 N–H and O–H groups in total. The van der Waals surface area contributed by atoms with Gasteiger partial charge in [-0.2, -0.15) is 10.2 Å². The van der Waals surface area contributed by atoms with Gasteiger partial charge < -0.3 is 10.1 Å². The van der Waals surface area contributed by atoms with Crippen molar-refractivity contribution in [3.63, 3.8) is 0 Å². The number of nitrogens with zero attached hydrogens (tertiary/aromatic N) is 3. The molecule has 2 heterocycles. The van der Waals surface area contributed by atoms with Crippen LogP contribution in [0.25, 0.3) is 5.69 Å². The Bertz CT molecular complexity index is 921. The van der Waals surface area contributed by atoms with Gasteiger partial charge in [0.15, 0.2) is 0 Å². The lowest BCUT2D eigenvalue weighted by Gasteiger charge is -2.22. The van der Waals surface area contributed by atoms with E-state index >= 15 is 0 Å². The van der Waals surface area contributed by atoms with Crippen molar-refractivity contribution in [1.82, 2.24) is 25.3 Å². The molecule has 1 fully saturated rings. The van der Waals surface area contributed by atoms with Crippen molar-refractivity contribution in [2.45, 2.75) is 64.5 Å². The van der Waals surface area contributed by atoms with E-state index in [1.807, 2.05) is 41.3 Å². The van der Waals surface area contributed by atoms with Crippen LogP contribution < -0.4 is 10.1 Å². The molecular formula is C23H31N5O. The van der Waals surface area contributed by atoms with E-state index in [-0.39, 0.29) is 6.04 Å². The quantitative estimate of drug-likeness (QED) is 0.604. The average Bonchev–Trinajstić information content (AvgIpc) is 3.39. The molecule has 29 heavy (non-hydrogen) atoms. The molecule has 154 valence electrons. The summed E-state index contributed by atoms with van der Waals surface area (Å²) in [4.78, 5) is 0. The van der Waals surface area contributed by atoms with E-state index in [1.54, 1.807) is 7.11 Å². The second-order valence-electron chi connectivity index (χ2n) is 8.04. The van der Waals surface area contributed by atoms with Gasteiger partial charge in [0, 0.05) is 41.0 Å². The van der Waals surface area contributed by atoms with Crippen molar-refractivity contribution in [2.75, 3.05) is 7.11 Å². The number of aromatic amines is 1. The lowest BCUT2D eigenvalue weighted by atomic mass is 9.85. The Morgan fingerprint density at radius 2 is 1.93 bits per heavy atom. The number of hydrogen-bond donors (Lipinski definition) is 2. The standard InChI is InChI=1S/C23H31N5O/c1-16(24-13-19-14-25-27-23(19)18-7-5-4-6-8-18)22-15-26-28(17(22)2)20-9-11-21(29-3)12-10-20/h9-12,14-16,18,24H,4-8,13H2,1-3H3,(H,25,27). The number of nitrogens with one attached hydrogen (secondary N) is 2. The van der Waals surface area contributed by atoms with Crippen LogP contribution in [0.15, 0.2) is 36.7 Å². The molecule has 3 aromatic rings. The fourth-order valence-corrected chi connectivity index (χ4v) is 4.41. The lowest BCUT2D eigenvalue weighted by Crippen LogP contribution is -2.20. The fraction of sp³-hybridized carbons (Fsp3) is 0.478. The zero-order valence-electron chi connectivity index (χ0n) is 17.6. The highest BCUT2D eigenvalue weighted by molar-refractivity contribution is 5.39. The van der Waals surface area contributed by atoms with Gasteiger partial charge in [-0.05, 0) is 51.0 Å². The highest BCUT2D eigenvalue weighted by atomic mass is 16.5. The molecule has 0 radical (unpaired) electrons. The lowest BCUT2D eigenvalue weighted by molar-refractivity contribution is 0.414. The molecule has 0 bridgehead atoms. The number of methoxy groups -OCH3 is 1. The van der Waals surface area contributed by atoms with E-state index in [4.69, 9.17) is 4.74 Å². The predicted octanol–water partition coefficient (Wildman–Crippen LogP) is 4.81. The number of rotatable bonds is 7. The first-order valence-corrected chi connectivity index (χ1v) is 10.6. The highest BCUT2D eigenvalue weighted by Crippen LogP contribution is 2.33. The molecule has 2 aromatic heterocycles. The largest absolute Gasteiger partial charge is 0.497 e. The summed E-state index contributed by atoms with van der Waals surface area (Å²) in [5.41, 5.74) is 6.02. The monoisotopic (exact) mass is 393 g/mol. The molecule has 6 heteroatoms. The summed E-state index contributed by atoms with van der Waals surface area (Å²) in [7, 11) is 1.68. The van der Waals surface area contributed by atoms with E-state index in [0.29, 0.717) is 5.92 Å². The summed E-state index contributed by atoms with van der Waals surface area (Å²) >= 11 is 0. The van der Waals surface area contributed by atoms with Crippen molar-refractivity contribution in [2.24, 2.45) is 0 Å². The molecule has 1 atom stereocenters. The Morgan fingerprint density at radius 3 is 2.66 bits per heavy atom. The fourth-order valence-electron chi connectivity index (χ4n) is 4.41. The van der Waals surface area contributed by atoms with E-state index in [9.17, 15) is 0 Å². The molecule has 1 unspecified atom stereocenters. The average molecular weight is 394 g/mol.